The molecular weight excluding hydrogens is 218 g/mol. The van der Waals surface area contributed by atoms with E-state index in [-0.39, 0.29) is 23.7 Å². The van der Waals surface area contributed by atoms with Crippen molar-refractivity contribution < 1.29 is 9.59 Å². The van der Waals surface area contributed by atoms with E-state index in [1.807, 2.05) is 17.8 Å². The van der Waals surface area contributed by atoms with Gasteiger partial charge in [-0.25, -0.2) is 0 Å². The second kappa shape index (κ2) is 4.69. The Kier molecular flexibility index (Phi) is 3.26. The Morgan fingerprint density at radius 1 is 1.53 bits per heavy atom. The number of hydrogen-bond donors (Lipinski definition) is 1. The Bertz CT molecular complexity index is 439. The Morgan fingerprint density at radius 2 is 2.29 bits per heavy atom. The van der Waals surface area contributed by atoms with Crippen LogP contribution in [0.15, 0.2) is 12.4 Å². The number of carbonyl (C=O) groups excluding carboxylic acids is 2. The van der Waals surface area contributed by atoms with Gasteiger partial charge in [0, 0.05) is 31.0 Å². The van der Waals surface area contributed by atoms with Crippen molar-refractivity contribution in [3.8, 4) is 0 Å². The van der Waals surface area contributed by atoms with Gasteiger partial charge in [-0.1, -0.05) is 13.8 Å². The average Bonchev–Trinajstić information content (AvgIpc) is 2.72. The highest BCUT2D eigenvalue weighted by Gasteiger charge is 2.34. The summed E-state index contributed by atoms with van der Waals surface area (Å²) in [5.41, 5.74) is 0.981. The van der Waals surface area contributed by atoms with Gasteiger partial charge in [-0.3, -0.25) is 19.6 Å². The molecule has 2 unspecified atom stereocenters. The average molecular weight is 235 g/mol. The van der Waals surface area contributed by atoms with E-state index in [1.54, 1.807) is 6.20 Å². The van der Waals surface area contributed by atoms with Crippen LogP contribution in [0.4, 0.5) is 0 Å². The summed E-state index contributed by atoms with van der Waals surface area (Å²) in [5.74, 6) is -0.593. The molecule has 1 aliphatic heterocycles. The Labute approximate surface area is 100 Å². The molecule has 17 heavy (non-hydrogen) atoms. The third-order valence-electron chi connectivity index (χ3n) is 3.22. The van der Waals surface area contributed by atoms with Crippen LogP contribution in [0, 0.1) is 5.92 Å². The van der Waals surface area contributed by atoms with E-state index in [4.69, 9.17) is 0 Å². The molecule has 1 fully saturated rings. The summed E-state index contributed by atoms with van der Waals surface area (Å²) in [4.78, 5) is 22.9. The maximum absolute atomic E-state index is 11.6. The fourth-order valence-electron chi connectivity index (χ4n) is 2.19. The molecule has 2 amide bonds. The molecule has 0 spiro atoms. The first-order valence-corrected chi connectivity index (χ1v) is 5.98. The zero-order chi connectivity index (χ0) is 12.4. The van der Waals surface area contributed by atoms with Gasteiger partial charge in [0.2, 0.25) is 11.8 Å². The molecule has 0 saturated carbocycles. The minimum absolute atomic E-state index is 0.0399. The first-order valence-electron chi connectivity index (χ1n) is 5.98. The molecule has 1 aromatic rings. The predicted octanol–water partition coefficient (Wildman–Crippen LogP) is 1.06. The summed E-state index contributed by atoms with van der Waals surface area (Å²) < 4.78 is 1.86. The highest BCUT2D eigenvalue weighted by Crippen LogP contribution is 2.30. The standard InChI is InChI=1S/C12H17N3O2/c1-3-4-15-7-9(6-13-15)10-5-11(16)14-12(17)8(10)2/h6-8,10H,3-5H2,1-2H3,(H,14,16,17). The molecule has 5 nitrogen and oxygen atoms in total. The lowest BCUT2D eigenvalue weighted by atomic mass is 9.83. The van der Waals surface area contributed by atoms with Gasteiger partial charge in [-0.15, -0.1) is 0 Å². The number of aryl methyl sites for hydroxylation is 1. The molecule has 0 aromatic carbocycles. The lowest BCUT2D eigenvalue weighted by Crippen LogP contribution is -2.43. The molecule has 2 rings (SSSR count). The van der Waals surface area contributed by atoms with E-state index in [1.165, 1.54) is 0 Å². The molecule has 0 bridgehead atoms. The second-order valence-electron chi connectivity index (χ2n) is 4.55. The molecule has 5 heteroatoms. The Balaban J connectivity index is 2.19. The van der Waals surface area contributed by atoms with Gasteiger partial charge in [-0.2, -0.15) is 5.10 Å². The van der Waals surface area contributed by atoms with E-state index in [9.17, 15) is 9.59 Å². The normalized spacial score (nSPS) is 24.8. The Morgan fingerprint density at radius 3 is 3.00 bits per heavy atom. The number of hydrogen-bond acceptors (Lipinski definition) is 3. The summed E-state index contributed by atoms with van der Waals surface area (Å²) in [7, 11) is 0. The second-order valence-corrected chi connectivity index (χ2v) is 4.55. The van der Waals surface area contributed by atoms with Gasteiger partial charge in [-0.05, 0) is 12.0 Å². The molecule has 2 atom stereocenters. The van der Waals surface area contributed by atoms with Crippen LogP contribution in [0.2, 0.25) is 0 Å². The molecule has 0 radical (unpaired) electrons. The van der Waals surface area contributed by atoms with E-state index in [0.717, 1.165) is 18.5 Å². The number of aromatic nitrogens is 2. The lowest BCUT2D eigenvalue weighted by Gasteiger charge is -2.26. The molecule has 1 saturated heterocycles. The monoisotopic (exact) mass is 235 g/mol. The fourth-order valence-corrected chi connectivity index (χ4v) is 2.19. The van der Waals surface area contributed by atoms with E-state index in [2.05, 4.69) is 17.3 Å². The molecule has 1 aromatic heterocycles. The highest BCUT2D eigenvalue weighted by atomic mass is 16.2. The number of imide groups is 1. The third kappa shape index (κ3) is 2.38. The lowest BCUT2D eigenvalue weighted by molar-refractivity contribution is -0.136. The predicted molar refractivity (Wildman–Crippen MR) is 62.2 cm³/mol. The number of nitrogens with zero attached hydrogens (tertiary/aromatic N) is 2. The number of rotatable bonds is 3. The maximum Gasteiger partial charge on any atom is 0.230 e. The van der Waals surface area contributed by atoms with Crippen molar-refractivity contribution in [3.05, 3.63) is 18.0 Å². The molecular formula is C12H17N3O2. The Hall–Kier alpha value is -1.65. The molecule has 0 aliphatic carbocycles. The van der Waals surface area contributed by atoms with Crippen molar-refractivity contribution in [2.75, 3.05) is 0 Å². The first kappa shape index (κ1) is 11.8. The van der Waals surface area contributed by atoms with E-state index < -0.39 is 0 Å². The zero-order valence-electron chi connectivity index (χ0n) is 10.1. The summed E-state index contributed by atoms with van der Waals surface area (Å²) >= 11 is 0. The van der Waals surface area contributed by atoms with Gasteiger partial charge < -0.3 is 0 Å². The van der Waals surface area contributed by atoms with E-state index >= 15 is 0 Å². The van der Waals surface area contributed by atoms with Gasteiger partial charge in [0.05, 0.1) is 6.20 Å². The fraction of sp³-hybridized carbons (Fsp3) is 0.583. The van der Waals surface area contributed by atoms with Crippen LogP contribution in [0.3, 0.4) is 0 Å². The molecule has 1 N–H and O–H groups in total. The van der Waals surface area contributed by atoms with Gasteiger partial charge >= 0.3 is 0 Å². The summed E-state index contributed by atoms with van der Waals surface area (Å²) in [5, 5.41) is 6.59. The summed E-state index contributed by atoms with van der Waals surface area (Å²) in [6.45, 7) is 4.80. The van der Waals surface area contributed by atoms with Crippen LogP contribution in [-0.2, 0) is 16.1 Å². The summed E-state index contributed by atoms with van der Waals surface area (Å²) in [6, 6.07) is 0. The highest BCUT2D eigenvalue weighted by molar-refractivity contribution is 5.99. The van der Waals surface area contributed by atoms with Crippen molar-refractivity contribution in [1.82, 2.24) is 15.1 Å². The molecule has 2 heterocycles. The van der Waals surface area contributed by atoms with Gasteiger partial charge in [0.25, 0.3) is 0 Å². The SMILES string of the molecule is CCCn1cc(C2CC(=O)NC(=O)C2C)cn1. The van der Waals surface area contributed by atoms with Crippen molar-refractivity contribution in [3.63, 3.8) is 0 Å². The maximum atomic E-state index is 11.6. The third-order valence-corrected chi connectivity index (χ3v) is 3.22. The van der Waals surface area contributed by atoms with Crippen LogP contribution in [0.5, 0.6) is 0 Å². The van der Waals surface area contributed by atoms with Gasteiger partial charge in [0.15, 0.2) is 0 Å². The molecule has 1 aliphatic rings. The molecule has 92 valence electrons. The minimum atomic E-state index is -0.193. The summed E-state index contributed by atoms with van der Waals surface area (Å²) in [6.07, 6.45) is 5.09. The smallest absolute Gasteiger partial charge is 0.230 e. The number of carbonyl (C=O) groups is 2. The van der Waals surface area contributed by atoms with Crippen LogP contribution in [0.1, 0.15) is 38.2 Å². The van der Waals surface area contributed by atoms with Gasteiger partial charge in [0.1, 0.15) is 0 Å². The number of amides is 2. The quantitative estimate of drug-likeness (QED) is 0.797. The number of piperidine rings is 1. The largest absolute Gasteiger partial charge is 0.296 e. The van der Waals surface area contributed by atoms with Crippen molar-refractivity contribution in [1.29, 1.82) is 0 Å². The van der Waals surface area contributed by atoms with Crippen LogP contribution < -0.4 is 5.32 Å². The van der Waals surface area contributed by atoms with Crippen molar-refractivity contribution >= 4 is 11.8 Å². The van der Waals surface area contributed by atoms with Crippen molar-refractivity contribution in [2.45, 2.75) is 39.2 Å². The minimum Gasteiger partial charge on any atom is -0.296 e. The van der Waals surface area contributed by atoms with E-state index in [0.29, 0.717) is 6.42 Å². The first-order chi connectivity index (χ1) is 8.11. The van der Waals surface area contributed by atoms with Crippen LogP contribution in [-0.4, -0.2) is 21.6 Å². The zero-order valence-corrected chi connectivity index (χ0v) is 10.1. The topological polar surface area (TPSA) is 64.0 Å². The van der Waals surface area contributed by atoms with Crippen LogP contribution in [0.25, 0.3) is 0 Å². The number of nitrogens with one attached hydrogen (secondary N) is 1. The van der Waals surface area contributed by atoms with Crippen molar-refractivity contribution in [2.24, 2.45) is 5.92 Å². The van der Waals surface area contributed by atoms with Crippen LogP contribution >= 0.6 is 0 Å².